The Morgan fingerprint density at radius 3 is 2.37 bits per heavy atom. The van der Waals surface area contributed by atoms with Crippen LogP contribution in [-0.4, -0.2) is 18.8 Å². The maximum Gasteiger partial charge on any atom is 0.220 e. The largest absolute Gasteiger partial charge is 0.497 e. The van der Waals surface area contributed by atoms with Crippen LogP contribution in [0, 0.1) is 5.92 Å². The molecule has 0 aliphatic rings. The second-order valence-electron chi connectivity index (χ2n) is 6.93. The minimum absolute atomic E-state index is 0.0346. The highest BCUT2D eigenvalue weighted by Gasteiger charge is 2.16. The van der Waals surface area contributed by atoms with E-state index in [2.05, 4.69) is 19.2 Å². The van der Waals surface area contributed by atoms with Crippen LogP contribution in [-0.2, 0) is 4.79 Å². The van der Waals surface area contributed by atoms with Crippen molar-refractivity contribution >= 4 is 29.3 Å². The number of hydrogen-bond donors (Lipinski definition) is 1. The number of rotatable bonds is 10. The van der Waals surface area contributed by atoms with Crippen LogP contribution in [0.15, 0.2) is 53.4 Å². The molecule has 0 saturated heterocycles. The highest BCUT2D eigenvalue weighted by atomic mass is 35.5. The number of carbonyl (C=O) groups is 1. The molecule has 2 aromatic carbocycles. The number of hydrogen-bond acceptors (Lipinski definition) is 3. The Balaban J connectivity index is 1.82. The van der Waals surface area contributed by atoms with E-state index in [-0.39, 0.29) is 11.9 Å². The summed E-state index contributed by atoms with van der Waals surface area (Å²) in [6.07, 6.45) is 2.29. The molecule has 0 fully saturated rings. The maximum absolute atomic E-state index is 12.4. The maximum atomic E-state index is 12.4. The number of halogens is 1. The van der Waals surface area contributed by atoms with Crippen LogP contribution in [0.2, 0.25) is 5.02 Å². The molecule has 3 nitrogen and oxygen atoms in total. The van der Waals surface area contributed by atoms with Crippen molar-refractivity contribution in [2.75, 3.05) is 12.9 Å². The lowest BCUT2D eigenvalue weighted by Crippen LogP contribution is -2.29. The van der Waals surface area contributed by atoms with Gasteiger partial charge in [-0.3, -0.25) is 4.79 Å². The molecule has 27 heavy (non-hydrogen) atoms. The van der Waals surface area contributed by atoms with E-state index in [1.807, 2.05) is 48.5 Å². The first-order valence-electron chi connectivity index (χ1n) is 9.29. The Morgan fingerprint density at radius 1 is 1.11 bits per heavy atom. The molecule has 0 radical (unpaired) electrons. The molecule has 1 atom stereocenters. The molecule has 1 amide bonds. The Bertz CT molecular complexity index is 701. The van der Waals surface area contributed by atoms with Gasteiger partial charge in [0.25, 0.3) is 0 Å². The normalized spacial score (nSPS) is 12.0. The molecule has 0 aliphatic carbocycles. The van der Waals surface area contributed by atoms with E-state index >= 15 is 0 Å². The Kier molecular flexibility index (Phi) is 9.02. The SMILES string of the molecule is COc1ccc([C@H](CC(C)C)NC(=O)CCCSc2ccc(Cl)cc2)cc1. The van der Waals surface area contributed by atoms with Crippen molar-refractivity contribution in [2.24, 2.45) is 5.92 Å². The van der Waals surface area contributed by atoms with Crippen molar-refractivity contribution in [3.63, 3.8) is 0 Å². The summed E-state index contributed by atoms with van der Waals surface area (Å²) in [6, 6.07) is 15.8. The van der Waals surface area contributed by atoms with Gasteiger partial charge in [-0.1, -0.05) is 37.6 Å². The number of amides is 1. The average Bonchev–Trinajstić information content (AvgIpc) is 2.66. The molecule has 0 spiro atoms. The molecular weight excluding hydrogens is 378 g/mol. The third kappa shape index (κ3) is 7.86. The molecule has 0 aromatic heterocycles. The van der Waals surface area contributed by atoms with Crippen LogP contribution in [0.4, 0.5) is 0 Å². The van der Waals surface area contributed by atoms with Crippen molar-refractivity contribution in [1.29, 1.82) is 0 Å². The standard InChI is InChI=1S/C22H28ClNO2S/c1-16(2)15-21(17-6-10-19(26-3)11-7-17)24-22(25)5-4-14-27-20-12-8-18(23)9-13-20/h6-13,16,21H,4-5,14-15H2,1-3H3,(H,24,25)/t21-/m0/s1. The summed E-state index contributed by atoms with van der Waals surface area (Å²) >= 11 is 7.65. The van der Waals surface area contributed by atoms with Crippen molar-refractivity contribution in [1.82, 2.24) is 5.32 Å². The van der Waals surface area contributed by atoms with Crippen molar-refractivity contribution in [3.05, 3.63) is 59.1 Å². The molecular formula is C22H28ClNO2S. The van der Waals surface area contributed by atoms with Gasteiger partial charge in [0.15, 0.2) is 0 Å². The summed E-state index contributed by atoms with van der Waals surface area (Å²) in [4.78, 5) is 13.6. The predicted molar refractivity (Wildman–Crippen MR) is 115 cm³/mol. The van der Waals surface area contributed by atoms with Crippen LogP contribution in [0.25, 0.3) is 0 Å². The monoisotopic (exact) mass is 405 g/mol. The van der Waals surface area contributed by atoms with Gasteiger partial charge in [0.2, 0.25) is 5.91 Å². The van der Waals surface area contributed by atoms with E-state index in [9.17, 15) is 4.79 Å². The van der Waals surface area contributed by atoms with Crippen LogP contribution in [0.3, 0.4) is 0 Å². The first kappa shape index (κ1) is 21.6. The van der Waals surface area contributed by atoms with E-state index < -0.39 is 0 Å². The lowest BCUT2D eigenvalue weighted by atomic mass is 9.96. The van der Waals surface area contributed by atoms with Gasteiger partial charge in [0, 0.05) is 16.3 Å². The fourth-order valence-corrected chi connectivity index (χ4v) is 3.78. The second-order valence-corrected chi connectivity index (χ2v) is 8.53. The molecule has 2 rings (SSSR count). The number of thioether (sulfide) groups is 1. The highest BCUT2D eigenvalue weighted by Crippen LogP contribution is 2.24. The first-order chi connectivity index (χ1) is 13.0. The van der Waals surface area contributed by atoms with Crippen LogP contribution >= 0.6 is 23.4 Å². The lowest BCUT2D eigenvalue weighted by molar-refractivity contribution is -0.121. The number of carbonyl (C=O) groups excluding carboxylic acids is 1. The highest BCUT2D eigenvalue weighted by molar-refractivity contribution is 7.99. The van der Waals surface area contributed by atoms with Gasteiger partial charge < -0.3 is 10.1 Å². The van der Waals surface area contributed by atoms with Crippen molar-refractivity contribution < 1.29 is 9.53 Å². The smallest absolute Gasteiger partial charge is 0.220 e. The third-order valence-corrected chi connectivity index (χ3v) is 5.54. The number of methoxy groups -OCH3 is 1. The van der Waals surface area contributed by atoms with Crippen molar-refractivity contribution in [3.8, 4) is 5.75 Å². The van der Waals surface area contributed by atoms with Gasteiger partial charge in [-0.15, -0.1) is 11.8 Å². The molecule has 2 aromatic rings. The zero-order chi connectivity index (χ0) is 19.6. The average molecular weight is 406 g/mol. The van der Waals surface area contributed by atoms with E-state index in [0.717, 1.165) is 34.9 Å². The number of nitrogens with one attached hydrogen (secondary N) is 1. The number of benzene rings is 2. The Hall–Kier alpha value is -1.65. The van der Waals surface area contributed by atoms with Crippen LogP contribution in [0.5, 0.6) is 5.75 Å². The summed E-state index contributed by atoms with van der Waals surface area (Å²) < 4.78 is 5.22. The number of ether oxygens (including phenoxy) is 1. The minimum Gasteiger partial charge on any atom is -0.497 e. The summed E-state index contributed by atoms with van der Waals surface area (Å²) in [7, 11) is 1.66. The summed E-state index contributed by atoms with van der Waals surface area (Å²) in [6.45, 7) is 4.34. The van der Waals surface area contributed by atoms with E-state index in [0.29, 0.717) is 12.3 Å². The van der Waals surface area contributed by atoms with Gasteiger partial charge in [-0.25, -0.2) is 0 Å². The minimum atomic E-state index is 0.0346. The van der Waals surface area contributed by atoms with E-state index in [4.69, 9.17) is 16.3 Å². The fraction of sp³-hybridized carbons (Fsp3) is 0.409. The zero-order valence-corrected chi connectivity index (χ0v) is 17.8. The zero-order valence-electron chi connectivity index (χ0n) is 16.2. The van der Waals surface area contributed by atoms with Gasteiger partial charge >= 0.3 is 0 Å². The topological polar surface area (TPSA) is 38.3 Å². The first-order valence-corrected chi connectivity index (χ1v) is 10.7. The Morgan fingerprint density at radius 2 is 1.78 bits per heavy atom. The molecule has 0 bridgehead atoms. The molecule has 146 valence electrons. The van der Waals surface area contributed by atoms with Gasteiger partial charge in [0.1, 0.15) is 5.75 Å². The van der Waals surface area contributed by atoms with Gasteiger partial charge in [0.05, 0.1) is 13.2 Å². The van der Waals surface area contributed by atoms with Crippen LogP contribution in [0.1, 0.15) is 44.7 Å². The third-order valence-electron chi connectivity index (χ3n) is 4.19. The van der Waals surface area contributed by atoms with E-state index in [1.165, 1.54) is 4.90 Å². The lowest BCUT2D eigenvalue weighted by Gasteiger charge is -2.21. The Labute approximate surface area is 171 Å². The quantitative estimate of drug-likeness (QED) is 0.382. The van der Waals surface area contributed by atoms with E-state index in [1.54, 1.807) is 18.9 Å². The summed E-state index contributed by atoms with van der Waals surface area (Å²) in [5.41, 5.74) is 1.12. The molecule has 5 heteroatoms. The molecule has 0 unspecified atom stereocenters. The van der Waals surface area contributed by atoms with Crippen LogP contribution < -0.4 is 10.1 Å². The molecule has 0 heterocycles. The fourth-order valence-electron chi connectivity index (χ4n) is 2.81. The summed E-state index contributed by atoms with van der Waals surface area (Å²) in [5.74, 6) is 2.34. The predicted octanol–water partition coefficient (Wildman–Crippen LogP) is 6.12. The molecule has 0 aliphatic heterocycles. The van der Waals surface area contributed by atoms with Crippen molar-refractivity contribution in [2.45, 2.75) is 44.0 Å². The second kappa shape index (κ2) is 11.3. The van der Waals surface area contributed by atoms with Gasteiger partial charge in [-0.05, 0) is 66.5 Å². The van der Waals surface area contributed by atoms with Gasteiger partial charge in [-0.2, -0.15) is 0 Å². The summed E-state index contributed by atoms with van der Waals surface area (Å²) in [5, 5.41) is 3.95. The molecule has 1 N–H and O–H groups in total. The molecule has 0 saturated carbocycles.